The largest absolute Gasteiger partial charge is 0.354 e. The smallest absolute Gasteiger partial charge is 0.170 e. The number of hydrogen-bond acceptors (Lipinski definition) is 3. The molecular weight excluding hydrogens is 265 g/mol. The lowest BCUT2D eigenvalue weighted by atomic mass is 9.78. The quantitative estimate of drug-likeness (QED) is 0.900. The van der Waals surface area contributed by atoms with Gasteiger partial charge in [-0.05, 0) is 37.2 Å². The highest BCUT2D eigenvalue weighted by Gasteiger charge is 2.30. The average molecular weight is 291 g/mol. The van der Waals surface area contributed by atoms with Gasteiger partial charge in [-0.15, -0.1) is 0 Å². The third kappa shape index (κ3) is 3.37. The summed E-state index contributed by atoms with van der Waals surface area (Å²) in [5.41, 5.74) is 1.16. The normalized spacial score (nSPS) is 21.6. The number of nitrogens with zero attached hydrogens (tertiary/aromatic N) is 2. The van der Waals surface area contributed by atoms with Crippen LogP contribution in [0.2, 0.25) is 0 Å². The average Bonchev–Trinajstić information content (AvgIpc) is 3.32. The summed E-state index contributed by atoms with van der Waals surface area (Å²) in [5, 5.41) is 3.38. The van der Waals surface area contributed by atoms with Crippen molar-refractivity contribution in [2.75, 3.05) is 18.0 Å². The molecule has 1 aliphatic heterocycles. The molecule has 0 spiro atoms. The molecule has 0 unspecified atom stereocenters. The molecule has 0 atom stereocenters. The lowest BCUT2D eigenvalue weighted by molar-refractivity contribution is 0.237. The van der Waals surface area contributed by atoms with E-state index >= 15 is 0 Å². The fourth-order valence-corrected chi connectivity index (χ4v) is 2.98. The van der Waals surface area contributed by atoms with Crippen LogP contribution in [0.4, 0.5) is 10.2 Å². The van der Waals surface area contributed by atoms with Crippen molar-refractivity contribution in [3.8, 4) is 0 Å². The first-order chi connectivity index (χ1) is 10.1. The van der Waals surface area contributed by atoms with Crippen LogP contribution in [0.3, 0.4) is 0 Å². The van der Waals surface area contributed by atoms with E-state index in [9.17, 15) is 4.39 Å². The third-order valence-electron chi connectivity index (χ3n) is 5.23. The molecule has 1 aliphatic carbocycles. The van der Waals surface area contributed by atoms with Gasteiger partial charge in [-0.25, -0.2) is 9.37 Å². The zero-order valence-electron chi connectivity index (χ0n) is 13.2. The summed E-state index contributed by atoms with van der Waals surface area (Å²) in [7, 11) is 0. The summed E-state index contributed by atoms with van der Waals surface area (Å²) in [5.74, 6) is 0.411. The SMILES string of the molecule is CCC1(C)CCN(c2nccc(CNC3CC3)c2F)CC1. The summed E-state index contributed by atoms with van der Waals surface area (Å²) in [4.78, 5) is 6.42. The van der Waals surface area contributed by atoms with Crippen LogP contribution in [0.25, 0.3) is 0 Å². The van der Waals surface area contributed by atoms with Gasteiger partial charge in [-0.3, -0.25) is 0 Å². The molecule has 2 aliphatic rings. The van der Waals surface area contributed by atoms with E-state index in [4.69, 9.17) is 0 Å². The number of halogens is 1. The van der Waals surface area contributed by atoms with Crippen LogP contribution in [0.5, 0.6) is 0 Å². The first-order valence-corrected chi connectivity index (χ1v) is 8.23. The Morgan fingerprint density at radius 1 is 1.38 bits per heavy atom. The first-order valence-electron chi connectivity index (χ1n) is 8.23. The van der Waals surface area contributed by atoms with E-state index in [0.29, 0.717) is 23.8 Å². The van der Waals surface area contributed by atoms with E-state index in [-0.39, 0.29) is 5.82 Å². The van der Waals surface area contributed by atoms with Crippen LogP contribution in [0, 0.1) is 11.2 Å². The molecule has 1 saturated heterocycles. The summed E-state index contributed by atoms with van der Waals surface area (Å²) in [6.07, 6.45) is 7.63. The van der Waals surface area contributed by atoms with Gasteiger partial charge in [0.1, 0.15) is 0 Å². The van der Waals surface area contributed by atoms with Gasteiger partial charge in [0.15, 0.2) is 11.6 Å². The van der Waals surface area contributed by atoms with Crippen LogP contribution in [0.1, 0.15) is 51.5 Å². The highest BCUT2D eigenvalue weighted by Crippen LogP contribution is 2.36. The number of nitrogens with one attached hydrogen (secondary N) is 1. The monoisotopic (exact) mass is 291 g/mol. The highest BCUT2D eigenvalue weighted by atomic mass is 19.1. The van der Waals surface area contributed by atoms with Gasteiger partial charge in [0, 0.05) is 37.4 Å². The van der Waals surface area contributed by atoms with Gasteiger partial charge in [0.2, 0.25) is 0 Å². The minimum atomic E-state index is -0.134. The molecular formula is C17H26FN3. The zero-order valence-corrected chi connectivity index (χ0v) is 13.2. The highest BCUT2D eigenvalue weighted by molar-refractivity contribution is 5.43. The molecule has 21 heavy (non-hydrogen) atoms. The van der Waals surface area contributed by atoms with Gasteiger partial charge in [0.25, 0.3) is 0 Å². The molecule has 3 nitrogen and oxygen atoms in total. The number of hydrogen-bond donors (Lipinski definition) is 1. The number of piperidine rings is 1. The molecule has 2 heterocycles. The van der Waals surface area contributed by atoms with Crippen LogP contribution in [-0.2, 0) is 6.54 Å². The Labute approximate surface area is 126 Å². The molecule has 2 fully saturated rings. The van der Waals surface area contributed by atoms with Gasteiger partial charge in [-0.2, -0.15) is 0 Å². The Morgan fingerprint density at radius 3 is 2.71 bits per heavy atom. The van der Waals surface area contributed by atoms with Crippen molar-refractivity contribution in [2.24, 2.45) is 5.41 Å². The maximum absolute atomic E-state index is 14.7. The van der Waals surface area contributed by atoms with Crippen LogP contribution >= 0.6 is 0 Å². The Balaban J connectivity index is 1.68. The topological polar surface area (TPSA) is 28.2 Å². The van der Waals surface area contributed by atoms with Crippen LogP contribution in [0.15, 0.2) is 12.3 Å². The molecule has 116 valence electrons. The van der Waals surface area contributed by atoms with Gasteiger partial charge in [-0.1, -0.05) is 20.3 Å². The van der Waals surface area contributed by atoms with E-state index in [1.54, 1.807) is 12.3 Å². The van der Waals surface area contributed by atoms with Crippen LogP contribution in [-0.4, -0.2) is 24.1 Å². The third-order valence-corrected chi connectivity index (χ3v) is 5.23. The molecule has 0 amide bonds. The number of aromatic nitrogens is 1. The van der Waals surface area contributed by atoms with Gasteiger partial charge in [0.05, 0.1) is 0 Å². The molecule has 1 aromatic rings. The van der Waals surface area contributed by atoms with Crippen molar-refractivity contribution < 1.29 is 4.39 Å². The summed E-state index contributed by atoms with van der Waals surface area (Å²) >= 11 is 0. The van der Waals surface area contributed by atoms with Crippen molar-refractivity contribution in [1.29, 1.82) is 0 Å². The number of rotatable bonds is 5. The minimum Gasteiger partial charge on any atom is -0.354 e. The van der Waals surface area contributed by atoms with E-state index in [1.165, 1.54) is 19.3 Å². The van der Waals surface area contributed by atoms with E-state index < -0.39 is 0 Å². The second-order valence-electron chi connectivity index (χ2n) is 6.91. The molecule has 3 rings (SSSR count). The van der Waals surface area contributed by atoms with E-state index in [1.807, 2.05) is 0 Å². The fraction of sp³-hybridized carbons (Fsp3) is 0.706. The summed E-state index contributed by atoms with van der Waals surface area (Å²) in [6.45, 7) is 7.02. The molecule has 1 aromatic heterocycles. The van der Waals surface area contributed by atoms with Crippen molar-refractivity contribution in [1.82, 2.24) is 10.3 Å². The van der Waals surface area contributed by atoms with E-state index in [2.05, 4.69) is 29.0 Å². The van der Waals surface area contributed by atoms with Crippen molar-refractivity contribution in [3.05, 3.63) is 23.6 Å². The lowest BCUT2D eigenvalue weighted by Gasteiger charge is -2.39. The summed E-state index contributed by atoms with van der Waals surface area (Å²) in [6, 6.07) is 2.40. The van der Waals surface area contributed by atoms with Crippen molar-refractivity contribution in [3.63, 3.8) is 0 Å². The fourth-order valence-electron chi connectivity index (χ4n) is 2.98. The lowest BCUT2D eigenvalue weighted by Crippen LogP contribution is -2.39. The minimum absolute atomic E-state index is 0.134. The molecule has 1 N–H and O–H groups in total. The summed E-state index contributed by atoms with van der Waals surface area (Å²) < 4.78 is 14.7. The Bertz CT molecular complexity index is 491. The molecule has 1 saturated carbocycles. The first kappa shape index (κ1) is 14.8. The van der Waals surface area contributed by atoms with Crippen molar-refractivity contribution in [2.45, 2.75) is 58.5 Å². The Hall–Kier alpha value is -1.16. The van der Waals surface area contributed by atoms with Gasteiger partial charge < -0.3 is 10.2 Å². The van der Waals surface area contributed by atoms with Gasteiger partial charge >= 0.3 is 0 Å². The molecule has 4 heteroatoms. The standard InChI is InChI=1S/C17H26FN3/c1-3-17(2)7-10-21(11-8-17)16-15(18)13(6-9-19-16)12-20-14-4-5-14/h6,9,14,20H,3-5,7-8,10-12H2,1-2H3. The molecule has 0 radical (unpaired) electrons. The number of anilines is 1. The van der Waals surface area contributed by atoms with Crippen molar-refractivity contribution >= 4 is 5.82 Å². The second-order valence-corrected chi connectivity index (χ2v) is 6.91. The maximum atomic E-state index is 14.7. The predicted octanol–water partition coefficient (Wildman–Crippen LogP) is 3.49. The predicted molar refractivity (Wildman–Crippen MR) is 83.9 cm³/mol. The van der Waals surface area contributed by atoms with E-state index in [0.717, 1.165) is 31.5 Å². The maximum Gasteiger partial charge on any atom is 0.170 e. The zero-order chi connectivity index (χ0) is 14.9. The van der Waals surface area contributed by atoms with Crippen LogP contribution < -0.4 is 10.2 Å². The Kier molecular flexibility index (Phi) is 4.16. The molecule has 0 bridgehead atoms. The second kappa shape index (κ2) is 5.91. The Morgan fingerprint density at radius 2 is 2.10 bits per heavy atom. The molecule has 0 aromatic carbocycles. The number of pyridine rings is 1.